The van der Waals surface area contributed by atoms with Crippen LogP contribution in [0, 0.1) is 0 Å². The smallest absolute Gasteiger partial charge is 0.257 e. The fourth-order valence-electron chi connectivity index (χ4n) is 3.44. The van der Waals surface area contributed by atoms with Crippen molar-refractivity contribution in [2.45, 2.75) is 37.8 Å². The zero-order chi connectivity index (χ0) is 14.5. The lowest BCUT2D eigenvalue weighted by Gasteiger charge is -2.40. The second kappa shape index (κ2) is 4.41. The minimum atomic E-state index is -0.958. The van der Waals surface area contributed by atoms with Gasteiger partial charge in [0.1, 0.15) is 0 Å². The molecule has 21 heavy (non-hydrogen) atoms. The van der Waals surface area contributed by atoms with Gasteiger partial charge in [0.05, 0.1) is 0 Å². The van der Waals surface area contributed by atoms with Crippen LogP contribution in [-0.4, -0.2) is 5.79 Å². The molecular weight excluding hydrogens is 264 g/mol. The summed E-state index contributed by atoms with van der Waals surface area (Å²) in [6.45, 7) is 4.20. The zero-order valence-corrected chi connectivity index (χ0v) is 12.2. The number of benzene rings is 2. The van der Waals surface area contributed by atoms with Gasteiger partial charge >= 0.3 is 0 Å². The monoisotopic (exact) mass is 282 g/mol. The van der Waals surface area contributed by atoms with Gasteiger partial charge in [-0.05, 0) is 5.56 Å². The first-order valence-electron chi connectivity index (χ1n) is 7.44. The van der Waals surface area contributed by atoms with Crippen LogP contribution in [-0.2, 0) is 20.3 Å². The molecule has 0 N–H and O–H groups in total. The molecule has 3 nitrogen and oxygen atoms in total. The standard InChI is InChI=1S/C18H18O3/c1-3-17-13(2)15-11-7-8-12-16(15)18(19-17,21-20-17)14-9-5-4-6-10-14/h4-13H,3H2,1-2H3/t13?,17-,18+/m1/s1. The third-order valence-electron chi connectivity index (χ3n) is 4.70. The van der Waals surface area contributed by atoms with Gasteiger partial charge < -0.3 is 4.74 Å². The van der Waals surface area contributed by atoms with Crippen molar-refractivity contribution in [3.63, 3.8) is 0 Å². The minimum absolute atomic E-state index is 0.123. The first kappa shape index (κ1) is 13.0. The zero-order valence-electron chi connectivity index (χ0n) is 12.2. The molecule has 0 saturated carbocycles. The van der Waals surface area contributed by atoms with E-state index in [1.54, 1.807) is 0 Å². The van der Waals surface area contributed by atoms with Crippen molar-refractivity contribution in [1.82, 2.24) is 0 Å². The van der Waals surface area contributed by atoms with E-state index in [9.17, 15) is 0 Å². The van der Waals surface area contributed by atoms with Gasteiger partial charge in [0.25, 0.3) is 5.79 Å². The summed E-state index contributed by atoms with van der Waals surface area (Å²) in [6, 6.07) is 18.3. The Bertz CT molecular complexity index is 669. The Hall–Kier alpha value is -1.68. The number of ether oxygens (including phenoxy) is 1. The molecule has 0 amide bonds. The van der Waals surface area contributed by atoms with Crippen molar-refractivity contribution in [3.8, 4) is 0 Å². The van der Waals surface area contributed by atoms with Crippen molar-refractivity contribution in [3.05, 3.63) is 71.3 Å². The van der Waals surface area contributed by atoms with Gasteiger partial charge in [0.15, 0.2) is 0 Å². The van der Waals surface area contributed by atoms with E-state index in [1.807, 2.05) is 36.4 Å². The molecule has 108 valence electrons. The Morgan fingerprint density at radius 1 is 0.952 bits per heavy atom. The molecule has 2 aliphatic rings. The van der Waals surface area contributed by atoms with Crippen LogP contribution >= 0.6 is 0 Å². The molecule has 3 heteroatoms. The van der Waals surface area contributed by atoms with Gasteiger partial charge in [0.2, 0.25) is 5.79 Å². The number of rotatable bonds is 2. The SMILES string of the molecule is CC[C@]12OO[C@](c3ccccc3)(O1)c1ccccc1C2C. The molecule has 1 unspecified atom stereocenters. The molecule has 2 aromatic carbocycles. The Kier molecular flexibility index (Phi) is 2.73. The molecule has 3 atom stereocenters. The third kappa shape index (κ3) is 1.59. The molecule has 0 radical (unpaired) electrons. The van der Waals surface area contributed by atoms with Gasteiger partial charge in [-0.1, -0.05) is 68.4 Å². The van der Waals surface area contributed by atoms with E-state index in [0.717, 1.165) is 17.5 Å². The summed E-state index contributed by atoms with van der Waals surface area (Å²) in [5.74, 6) is -1.55. The summed E-state index contributed by atoms with van der Waals surface area (Å²) < 4.78 is 6.40. The maximum Gasteiger partial charge on any atom is 0.257 e. The summed E-state index contributed by atoms with van der Waals surface area (Å²) in [4.78, 5) is 11.6. The molecule has 2 bridgehead atoms. The molecule has 1 fully saturated rings. The van der Waals surface area contributed by atoms with Crippen molar-refractivity contribution >= 4 is 0 Å². The summed E-state index contributed by atoms with van der Waals surface area (Å²) in [7, 11) is 0. The van der Waals surface area contributed by atoms with Gasteiger partial charge in [-0.25, -0.2) is 0 Å². The molecule has 1 saturated heterocycles. The highest BCUT2D eigenvalue weighted by Gasteiger charge is 2.61. The lowest BCUT2D eigenvalue weighted by molar-refractivity contribution is -0.346. The quantitative estimate of drug-likeness (QED) is 0.776. The van der Waals surface area contributed by atoms with E-state index in [1.165, 1.54) is 5.56 Å². The summed E-state index contributed by atoms with van der Waals surface area (Å²) >= 11 is 0. The van der Waals surface area contributed by atoms with Crippen molar-refractivity contribution in [1.29, 1.82) is 0 Å². The van der Waals surface area contributed by atoms with Gasteiger partial charge in [0, 0.05) is 23.5 Å². The Balaban J connectivity index is 1.98. The lowest BCUT2D eigenvalue weighted by Crippen LogP contribution is -2.44. The Labute approximate surface area is 124 Å². The van der Waals surface area contributed by atoms with E-state index in [4.69, 9.17) is 14.5 Å². The largest absolute Gasteiger partial charge is 0.304 e. The second-order valence-electron chi connectivity index (χ2n) is 5.73. The highest BCUT2D eigenvalue weighted by atomic mass is 17.3. The van der Waals surface area contributed by atoms with E-state index in [0.29, 0.717) is 0 Å². The number of hydrogen-bond acceptors (Lipinski definition) is 3. The maximum atomic E-state index is 6.40. The van der Waals surface area contributed by atoms with Crippen molar-refractivity contribution < 1.29 is 14.5 Å². The predicted octanol–water partition coefficient (Wildman–Crippen LogP) is 4.09. The van der Waals surface area contributed by atoms with Crippen LogP contribution in [0.15, 0.2) is 54.6 Å². The second-order valence-corrected chi connectivity index (χ2v) is 5.73. The summed E-state index contributed by atoms with van der Waals surface area (Å²) in [5.41, 5.74) is 3.22. The van der Waals surface area contributed by atoms with Crippen LogP contribution in [0.2, 0.25) is 0 Å². The van der Waals surface area contributed by atoms with E-state index >= 15 is 0 Å². The fraction of sp³-hybridized carbons (Fsp3) is 0.333. The summed E-state index contributed by atoms with van der Waals surface area (Å²) in [6.07, 6.45) is 0.733. The average Bonchev–Trinajstić information content (AvgIpc) is 2.93. The van der Waals surface area contributed by atoms with Crippen LogP contribution < -0.4 is 0 Å². The molecular formula is C18H18O3. The summed E-state index contributed by atoms with van der Waals surface area (Å²) in [5, 5.41) is 0. The molecule has 0 spiro atoms. The fourth-order valence-corrected chi connectivity index (χ4v) is 3.44. The molecule has 0 aliphatic carbocycles. The van der Waals surface area contributed by atoms with Crippen LogP contribution in [0.3, 0.4) is 0 Å². The average molecular weight is 282 g/mol. The molecule has 2 aromatic rings. The van der Waals surface area contributed by atoms with Crippen molar-refractivity contribution in [2.75, 3.05) is 0 Å². The molecule has 2 aliphatic heterocycles. The van der Waals surface area contributed by atoms with Gasteiger partial charge in [-0.2, -0.15) is 9.78 Å². The minimum Gasteiger partial charge on any atom is -0.304 e. The number of hydrogen-bond donors (Lipinski definition) is 0. The first-order valence-corrected chi connectivity index (χ1v) is 7.44. The maximum absolute atomic E-state index is 6.40. The normalized spacial score (nSPS) is 33.7. The Morgan fingerprint density at radius 3 is 2.43 bits per heavy atom. The Morgan fingerprint density at radius 2 is 1.67 bits per heavy atom. The highest BCUT2D eigenvalue weighted by molar-refractivity contribution is 5.44. The highest BCUT2D eigenvalue weighted by Crippen LogP contribution is 2.57. The first-order chi connectivity index (χ1) is 10.2. The van der Waals surface area contributed by atoms with Crippen LogP contribution in [0.1, 0.15) is 42.9 Å². The van der Waals surface area contributed by atoms with E-state index in [2.05, 4.69) is 32.0 Å². The van der Waals surface area contributed by atoms with Crippen LogP contribution in [0.4, 0.5) is 0 Å². The van der Waals surface area contributed by atoms with Gasteiger partial charge in [-0.3, -0.25) is 0 Å². The van der Waals surface area contributed by atoms with Crippen molar-refractivity contribution in [2.24, 2.45) is 0 Å². The predicted molar refractivity (Wildman–Crippen MR) is 78.4 cm³/mol. The van der Waals surface area contributed by atoms with E-state index in [-0.39, 0.29) is 5.92 Å². The molecule has 4 rings (SSSR count). The topological polar surface area (TPSA) is 27.7 Å². The van der Waals surface area contributed by atoms with Crippen LogP contribution in [0.5, 0.6) is 0 Å². The van der Waals surface area contributed by atoms with Crippen LogP contribution in [0.25, 0.3) is 0 Å². The molecule has 0 aromatic heterocycles. The van der Waals surface area contributed by atoms with Gasteiger partial charge in [-0.15, -0.1) is 0 Å². The molecule has 2 heterocycles. The number of fused-ring (bicyclic) bond motifs is 4. The lowest BCUT2D eigenvalue weighted by atomic mass is 9.80. The third-order valence-corrected chi connectivity index (χ3v) is 4.70. The van der Waals surface area contributed by atoms with E-state index < -0.39 is 11.6 Å².